The number of nitrogens with two attached hydrogens (primary N) is 1. The Balaban J connectivity index is 2.06. The Morgan fingerprint density at radius 3 is 2.21 bits per heavy atom. The summed E-state index contributed by atoms with van der Waals surface area (Å²) in [6.45, 7) is 8.48. The molecule has 8 nitrogen and oxygen atoms in total. The maximum absolute atomic E-state index is 12.4. The molecule has 1 heterocycles. The fraction of sp³-hybridized carbons (Fsp3) is 0.474. The largest absolute Gasteiger partial charge is 0.387 e. The Bertz CT molecular complexity index is 896. The van der Waals surface area contributed by atoms with Gasteiger partial charge in [0.15, 0.2) is 0 Å². The lowest BCUT2D eigenvalue weighted by Crippen LogP contribution is -2.61. The second-order valence-electron chi connectivity index (χ2n) is 8.36. The average molecular weight is 406 g/mol. The Morgan fingerprint density at radius 2 is 1.75 bits per heavy atom. The van der Waals surface area contributed by atoms with Crippen molar-refractivity contribution in [1.29, 1.82) is 5.26 Å². The van der Waals surface area contributed by atoms with Gasteiger partial charge in [-0.15, -0.1) is 0 Å². The smallest absolute Gasteiger partial charge is 0.267 e. The van der Waals surface area contributed by atoms with Crippen LogP contribution in [0.5, 0.6) is 0 Å². The van der Waals surface area contributed by atoms with E-state index < -0.39 is 15.9 Å². The zero-order valence-corrected chi connectivity index (χ0v) is 17.4. The molecule has 1 aliphatic heterocycles. The molecule has 2 rings (SSSR count). The number of carbonyl (C=O) groups excluding carboxylic acids is 1. The van der Waals surface area contributed by atoms with E-state index >= 15 is 0 Å². The van der Waals surface area contributed by atoms with E-state index in [0.29, 0.717) is 5.69 Å². The van der Waals surface area contributed by atoms with Crippen LogP contribution < -0.4 is 21.1 Å². The third-order valence-electron chi connectivity index (χ3n) is 4.46. The van der Waals surface area contributed by atoms with E-state index in [2.05, 4.69) is 43.6 Å². The Morgan fingerprint density at radius 1 is 1.21 bits per heavy atom. The minimum atomic E-state index is -3.80. The number of nitrogens with one attached hydrogen (secondary N) is 3. The molecule has 9 heteroatoms. The van der Waals surface area contributed by atoms with Crippen LogP contribution in [0.25, 0.3) is 0 Å². The molecule has 1 aromatic rings. The molecule has 0 atom stereocenters. The minimum absolute atomic E-state index is 0.0562. The molecule has 152 valence electrons. The molecule has 0 aromatic heterocycles. The number of piperidine rings is 1. The van der Waals surface area contributed by atoms with Crippen molar-refractivity contribution < 1.29 is 13.2 Å². The van der Waals surface area contributed by atoms with Crippen molar-refractivity contribution in [2.75, 3.05) is 5.32 Å². The van der Waals surface area contributed by atoms with Crippen molar-refractivity contribution in [1.82, 2.24) is 10.6 Å². The molecule has 0 bridgehead atoms. The summed E-state index contributed by atoms with van der Waals surface area (Å²) in [6, 6.07) is 7.42. The molecular formula is C19H27N5O3S. The van der Waals surface area contributed by atoms with Gasteiger partial charge in [0.2, 0.25) is 10.0 Å². The normalized spacial score (nSPS) is 19.5. The summed E-state index contributed by atoms with van der Waals surface area (Å²) in [6.07, 6.45) is 3.14. The van der Waals surface area contributed by atoms with Gasteiger partial charge in [0.1, 0.15) is 11.6 Å². The van der Waals surface area contributed by atoms with Crippen LogP contribution in [0.15, 0.2) is 40.9 Å². The highest BCUT2D eigenvalue weighted by atomic mass is 32.2. The van der Waals surface area contributed by atoms with Gasteiger partial charge in [0.05, 0.1) is 4.90 Å². The van der Waals surface area contributed by atoms with E-state index in [1.807, 2.05) is 6.07 Å². The standard InChI is InChI=1S/C19H27N5O3S/c1-18(2)9-15(10-19(3,4)24-18)22-12-13(11-20)17(25)23-14-5-7-16(8-6-14)28(21,26)27/h5-8,12,15,22,24H,9-10H2,1-4H3,(H,23,25)(H2,21,26,27)/b13-12-. The van der Waals surface area contributed by atoms with E-state index in [9.17, 15) is 18.5 Å². The third kappa shape index (κ3) is 6.05. The van der Waals surface area contributed by atoms with Gasteiger partial charge in [-0.3, -0.25) is 4.79 Å². The van der Waals surface area contributed by atoms with Gasteiger partial charge in [-0.2, -0.15) is 5.26 Å². The lowest BCUT2D eigenvalue weighted by molar-refractivity contribution is -0.112. The second-order valence-corrected chi connectivity index (χ2v) is 9.92. The van der Waals surface area contributed by atoms with Crippen molar-refractivity contribution >= 4 is 21.6 Å². The first kappa shape index (κ1) is 21.9. The summed E-state index contributed by atoms with van der Waals surface area (Å²) in [5.41, 5.74) is 0.174. The first-order chi connectivity index (χ1) is 12.8. The number of hydrogen-bond acceptors (Lipinski definition) is 6. The highest BCUT2D eigenvalue weighted by molar-refractivity contribution is 7.89. The van der Waals surface area contributed by atoms with E-state index in [1.54, 1.807) is 0 Å². The van der Waals surface area contributed by atoms with Crippen LogP contribution in [-0.2, 0) is 14.8 Å². The monoisotopic (exact) mass is 405 g/mol. The van der Waals surface area contributed by atoms with Gasteiger partial charge in [-0.25, -0.2) is 13.6 Å². The van der Waals surface area contributed by atoms with Gasteiger partial charge in [-0.1, -0.05) is 0 Å². The number of hydrogen-bond donors (Lipinski definition) is 4. The van der Waals surface area contributed by atoms with Gasteiger partial charge >= 0.3 is 0 Å². The van der Waals surface area contributed by atoms with Gasteiger partial charge < -0.3 is 16.0 Å². The number of sulfonamides is 1. The van der Waals surface area contributed by atoms with E-state index in [4.69, 9.17) is 5.14 Å². The molecule has 0 spiro atoms. The number of anilines is 1. The topological polar surface area (TPSA) is 137 Å². The number of nitriles is 1. The summed E-state index contributed by atoms with van der Waals surface area (Å²) in [7, 11) is -3.80. The van der Waals surface area contributed by atoms with Crippen LogP contribution in [0.2, 0.25) is 0 Å². The number of nitrogens with zero attached hydrogens (tertiary/aromatic N) is 1. The van der Waals surface area contributed by atoms with E-state index in [-0.39, 0.29) is 27.6 Å². The van der Waals surface area contributed by atoms with Crippen LogP contribution in [0.1, 0.15) is 40.5 Å². The van der Waals surface area contributed by atoms with Crippen molar-refractivity contribution in [3.63, 3.8) is 0 Å². The number of primary sulfonamides is 1. The summed E-state index contributed by atoms with van der Waals surface area (Å²) in [4.78, 5) is 12.3. The van der Waals surface area contributed by atoms with Gasteiger partial charge in [0, 0.05) is 29.0 Å². The van der Waals surface area contributed by atoms with Gasteiger partial charge in [-0.05, 0) is 64.8 Å². The molecule has 1 aromatic carbocycles. The number of amides is 1. The highest BCUT2D eigenvalue weighted by Gasteiger charge is 2.37. The summed E-state index contributed by atoms with van der Waals surface area (Å²) < 4.78 is 22.5. The maximum atomic E-state index is 12.4. The van der Waals surface area contributed by atoms with Crippen molar-refractivity contribution in [2.24, 2.45) is 5.14 Å². The molecule has 28 heavy (non-hydrogen) atoms. The van der Waals surface area contributed by atoms with Crippen LogP contribution in [0.3, 0.4) is 0 Å². The van der Waals surface area contributed by atoms with Crippen LogP contribution >= 0.6 is 0 Å². The zero-order valence-electron chi connectivity index (χ0n) is 16.5. The van der Waals surface area contributed by atoms with E-state index in [1.165, 1.54) is 30.5 Å². The number of benzene rings is 1. The average Bonchev–Trinajstić information content (AvgIpc) is 2.52. The van der Waals surface area contributed by atoms with Crippen molar-refractivity contribution in [3.8, 4) is 6.07 Å². The molecule has 1 saturated heterocycles. The van der Waals surface area contributed by atoms with Crippen molar-refractivity contribution in [2.45, 2.75) is 62.6 Å². The fourth-order valence-corrected chi connectivity index (χ4v) is 4.23. The van der Waals surface area contributed by atoms with E-state index in [0.717, 1.165) is 12.8 Å². The molecule has 1 amide bonds. The molecule has 1 fully saturated rings. The Kier molecular flexibility index (Phi) is 6.18. The zero-order chi connectivity index (χ0) is 21.2. The molecule has 0 saturated carbocycles. The molecule has 0 aliphatic carbocycles. The summed E-state index contributed by atoms with van der Waals surface area (Å²) >= 11 is 0. The first-order valence-corrected chi connectivity index (χ1v) is 10.5. The van der Waals surface area contributed by atoms with Crippen LogP contribution in [-0.4, -0.2) is 31.4 Å². The van der Waals surface area contributed by atoms with Crippen LogP contribution in [0.4, 0.5) is 5.69 Å². The Labute approximate surface area is 166 Å². The SMILES string of the molecule is CC1(C)CC(N/C=C(/C#N)C(=O)Nc2ccc(S(N)(=O)=O)cc2)CC(C)(C)N1. The minimum Gasteiger partial charge on any atom is -0.387 e. The molecular weight excluding hydrogens is 378 g/mol. The van der Waals surface area contributed by atoms with Crippen LogP contribution in [0, 0.1) is 11.3 Å². The Hall–Kier alpha value is -2.41. The van der Waals surface area contributed by atoms with Gasteiger partial charge in [0.25, 0.3) is 5.91 Å². The first-order valence-electron chi connectivity index (χ1n) is 8.91. The predicted molar refractivity (Wildman–Crippen MR) is 108 cm³/mol. The number of rotatable bonds is 5. The summed E-state index contributed by atoms with van der Waals surface area (Å²) in [5.74, 6) is -0.578. The molecule has 1 aliphatic rings. The molecule has 0 unspecified atom stereocenters. The second kappa shape index (κ2) is 7.91. The third-order valence-corrected chi connectivity index (χ3v) is 5.39. The lowest BCUT2D eigenvalue weighted by Gasteiger charge is -2.46. The van der Waals surface area contributed by atoms with Crippen molar-refractivity contribution in [3.05, 3.63) is 36.0 Å². The molecule has 0 radical (unpaired) electrons. The molecule has 5 N–H and O–H groups in total. The quantitative estimate of drug-likeness (QED) is 0.433. The number of carbonyl (C=O) groups is 1. The maximum Gasteiger partial charge on any atom is 0.267 e. The predicted octanol–water partition coefficient (Wildman–Crippen LogP) is 1.58. The fourth-order valence-electron chi connectivity index (χ4n) is 3.72. The highest BCUT2D eigenvalue weighted by Crippen LogP contribution is 2.28. The lowest BCUT2D eigenvalue weighted by atomic mass is 9.80. The summed E-state index contributed by atoms with van der Waals surface area (Å²) in [5, 5.41) is 23.7.